The molecule has 0 aliphatic carbocycles. The van der Waals surface area contributed by atoms with E-state index in [0.717, 1.165) is 0 Å². The second-order valence-corrected chi connectivity index (χ2v) is 2.42. The van der Waals surface area contributed by atoms with Crippen LogP contribution in [0.5, 0.6) is 0 Å². The van der Waals surface area contributed by atoms with Gasteiger partial charge in [-0.15, -0.1) is 4.36 Å². The van der Waals surface area contributed by atoms with Crippen LogP contribution in [0.4, 0.5) is 0 Å². The van der Waals surface area contributed by atoms with Gasteiger partial charge < -0.3 is 4.98 Å². The van der Waals surface area contributed by atoms with Gasteiger partial charge in [0.15, 0.2) is 5.65 Å². The Kier molecular flexibility index (Phi) is 1.78. The van der Waals surface area contributed by atoms with Gasteiger partial charge in [-0.05, 0) is 0 Å². The molecule has 64 valence electrons. The van der Waals surface area contributed by atoms with Gasteiger partial charge in [0.25, 0.3) is 0 Å². The Morgan fingerprint density at radius 3 is 3.15 bits per heavy atom. The van der Waals surface area contributed by atoms with Crippen LogP contribution in [-0.2, 0) is 12.4 Å². The lowest BCUT2D eigenvalue weighted by molar-refractivity contribution is 0.0997. The molecule has 0 unspecified atom stereocenters. The van der Waals surface area contributed by atoms with Crippen molar-refractivity contribution in [2.75, 3.05) is 0 Å². The molecule has 2 heterocycles. The van der Waals surface area contributed by atoms with Crippen molar-refractivity contribution in [3.05, 3.63) is 18.3 Å². The third kappa shape index (κ3) is 1.29. The molecule has 0 atom stereocenters. The highest BCUT2D eigenvalue weighted by Gasteiger charge is 2.09. The molecule has 7 heteroatoms. The summed E-state index contributed by atoms with van der Waals surface area (Å²) in [5, 5.41) is 0. The van der Waals surface area contributed by atoms with Crippen molar-refractivity contribution >= 4 is 29.5 Å². The maximum Gasteiger partial charge on any atom is 0.324 e. The highest BCUT2D eigenvalue weighted by Crippen LogP contribution is 2.06. The van der Waals surface area contributed by atoms with Gasteiger partial charge in [-0.1, -0.05) is 0 Å². The van der Waals surface area contributed by atoms with Crippen LogP contribution in [0.25, 0.3) is 11.2 Å². The maximum absolute atomic E-state index is 11.0. The number of nitrogens with one attached hydrogen (secondary N) is 1. The average molecular weight is 193 g/mol. The van der Waals surface area contributed by atoms with Crippen LogP contribution in [0.15, 0.2) is 16.9 Å². The molecule has 0 aliphatic rings. The van der Waals surface area contributed by atoms with Crippen molar-refractivity contribution in [2.24, 2.45) is 4.36 Å². The Labute approximate surface area is 77.6 Å². The third-order valence-corrected chi connectivity index (χ3v) is 1.61. The maximum atomic E-state index is 11.0. The number of rotatable bonds is 1. The third-order valence-electron chi connectivity index (χ3n) is 1.45. The van der Waals surface area contributed by atoms with Gasteiger partial charge >= 0.3 is 5.91 Å². The summed E-state index contributed by atoms with van der Waals surface area (Å²) in [7, 11) is 0. The standard InChI is InChI=1S/C6H3N5OS/c12-6(11-13)5-9-3-1-7-2-8-4(3)10-5/h1-2H,(H,7,8,9,10). The Balaban J connectivity index is 2.62. The molecule has 6 nitrogen and oxygen atoms in total. The molecule has 0 saturated heterocycles. The van der Waals surface area contributed by atoms with Crippen LogP contribution < -0.4 is 0 Å². The van der Waals surface area contributed by atoms with Gasteiger partial charge in [0.05, 0.1) is 6.20 Å². The SMILES string of the molecule is O=C(N=S)c1nc2ncncc2[nH]1. The molecule has 1 N–H and O–H groups in total. The van der Waals surface area contributed by atoms with E-state index in [1.54, 1.807) is 0 Å². The minimum absolute atomic E-state index is 0.0884. The monoisotopic (exact) mass is 193 g/mol. The molecule has 0 aliphatic heterocycles. The Morgan fingerprint density at radius 2 is 2.46 bits per heavy atom. The van der Waals surface area contributed by atoms with Crippen molar-refractivity contribution in [3.8, 4) is 0 Å². The lowest BCUT2D eigenvalue weighted by Crippen LogP contribution is -1.95. The zero-order valence-electron chi connectivity index (χ0n) is 6.26. The number of nitrogens with zero attached hydrogens (tertiary/aromatic N) is 4. The Morgan fingerprint density at radius 1 is 1.62 bits per heavy atom. The lowest BCUT2D eigenvalue weighted by Gasteiger charge is -1.81. The van der Waals surface area contributed by atoms with Crippen LogP contribution in [0.3, 0.4) is 0 Å². The number of fused-ring (bicyclic) bond motifs is 1. The molecule has 2 aromatic rings. The number of hydrogen-bond donors (Lipinski definition) is 1. The summed E-state index contributed by atoms with van der Waals surface area (Å²) in [6, 6.07) is 0. The molecule has 0 fully saturated rings. The van der Waals surface area contributed by atoms with Gasteiger partial charge in [-0.25, -0.2) is 15.0 Å². The first-order chi connectivity index (χ1) is 6.31. The van der Waals surface area contributed by atoms with Gasteiger partial charge in [0.2, 0.25) is 5.82 Å². The molecule has 1 amide bonds. The predicted octanol–water partition coefficient (Wildman–Crippen LogP) is 0.224. The number of aromatic amines is 1. The van der Waals surface area contributed by atoms with Crippen molar-refractivity contribution in [1.29, 1.82) is 0 Å². The number of carbonyl (C=O) groups is 1. The molecule has 0 spiro atoms. The van der Waals surface area contributed by atoms with E-state index in [4.69, 9.17) is 0 Å². The van der Waals surface area contributed by atoms with Crippen molar-refractivity contribution in [3.63, 3.8) is 0 Å². The molecule has 2 rings (SSSR count). The van der Waals surface area contributed by atoms with Crippen LogP contribution >= 0.6 is 0 Å². The zero-order valence-corrected chi connectivity index (χ0v) is 7.08. The van der Waals surface area contributed by atoms with E-state index in [2.05, 4.69) is 36.7 Å². The van der Waals surface area contributed by atoms with Gasteiger partial charge in [-0.3, -0.25) is 4.79 Å². The fraction of sp³-hybridized carbons (Fsp3) is 0. The topological polar surface area (TPSA) is 83.9 Å². The Hall–Kier alpha value is -1.76. The van der Waals surface area contributed by atoms with Crippen LogP contribution in [0.1, 0.15) is 10.6 Å². The highest BCUT2D eigenvalue weighted by molar-refractivity contribution is 7.47. The second kappa shape index (κ2) is 2.94. The number of imidazole rings is 1. The number of hydrogen-bond acceptors (Lipinski definition) is 5. The summed E-state index contributed by atoms with van der Waals surface area (Å²) in [6.45, 7) is 0. The second-order valence-electron chi connectivity index (χ2n) is 2.24. The van der Waals surface area contributed by atoms with Crippen molar-refractivity contribution < 1.29 is 4.79 Å². The van der Waals surface area contributed by atoms with Crippen LogP contribution in [0.2, 0.25) is 0 Å². The quantitative estimate of drug-likeness (QED) is 0.700. The first kappa shape index (κ1) is 7.87. The zero-order chi connectivity index (χ0) is 9.26. The van der Waals surface area contributed by atoms with Crippen molar-refractivity contribution in [2.45, 2.75) is 0 Å². The molecular formula is C6H3N5OS. The molecule has 0 aromatic carbocycles. The van der Waals surface area contributed by atoms with E-state index in [1.165, 1.54) is 12.5 Å². The van der Waals surface area contributed by atoms with E-state index < -0.39 is 5.91 Å². The minimum Gasteiger partial charge on any atom is -0.331 e. The lowest BCUT2D eigenvalue weighted by atomic mass is 10.6. The number of aromatic nitrogens is 4. The van der Waals surface area contributed by atoms with E-state index in [9.17, 15) is 4.79 Å². The van der Waals surface area contributed by atoms with Gasteiger partial charge in [0, 0.05) is 12.4 Å². The fourth-order valence-electron chi connectivity index (χ4n) is 0.906. The van der Waals surface area contributed by atoms with Crippen molar-refractivity contribution in [1.82, 2.24) is 19.9 Å². The summed E-state index contributed by atoms with van der Waals surface area (Å²) in [5.74, 6) is -0.487. The summed E-state index contributed by atoms with van der Waals surface area (Å²) >= 11 is 4.24. The number of carbonyl (C=O) groups excluding carboxylic acids is 1. The Bertz CT molecular complexity index is 446. The first-order valence-electron chi connectivity index (χ1n) is 3.34. The molecule has 0 radical (unpaired) electrons. The molecule has 13 heavy (non-hydrogen) atoms. The fourth-order valence-corrected chi connectivity index (χ4v) is 0.993. The predicted molar refractivity (Wildman–Crippen MR) is 45.8 cm³/mol. The molecule has 0 saturated carbocycles. The largest absolute Gasteiger partial charge is 0.331 e. The first-order valence-corrected chi connectivity index (χ1v) is 3.71. The summed E-state index contributed by atoms with van der Waals surface area (Å²) in [6.07, 6.45) is 2.87. The summed E-state index contributed by atoms with van der Waals surface area (Å²) < 4.78 is 3.06. The summed E-state index contributed by atoms with van der Waals surface area (Å²) in [4.78, 5) is 25.1. The van der Waals surface area contributed by atoms with E-state index in [-0.39, 0.29) is 5.82 Å². The van der Waals surface area contributed by atoms with Crippen LogP contribution in [-0.4, -0.2) is 25.8 Å². The van der Waals surface area contributed by atoms with Gasteiger partial charge in [0.1, 0.15) is 11.8 Å². The van der Waals surface area contributed by atoms with E-state index in [1.807, 2.05) is 0 Å². The van der Waals surface area contributed by atoms with Gasteiger partial charge in [-0.2, -0.15) is 0 Å². The summed E-state index contributed by atoms with van der Waals surface area (Å²) in [5.41, 5.74) is 1.02. The normalized spacial score (nSPS) is 10.2. The van der Waals surface area contributed by atoms with E-state index in [0.29, 0.717) is 11.2 Å². The highest BCUT2D eigenvalue weighted by atomic mass is 32.1. The average Bonchev–Trinajstić information content (AvgIpc) is 2.59. The molecular weight excluding hydrogens is 190 g/mol. The van der Waals surface area contributed by atoms with Crippen LogP contribution in [0, 0.1) is 0 Å². The minimum atomic E-state index is -0.576. The van der Waals surface area contributed by atoms with E-state index >= 15 is 0 Å². The number of H-pyrrole nitrogens is 1. The molecule has 2 aromatic heterocycles. The smallest absolute Gasteiger partial charge is 0.324 e. The molecule has 0 bridgehead atoms. The number of amides is 1.